The number of hydrogen-bond acceptors (Lipinski definition) is 4. The number of carbonyl (C=O) groups excluding carboxylic acids is 2. The zero-order valence-electron chi connectivity index (χ0n) is 15.9. The number of hydrogen-bond donors (Lipinski definition) is 1. The van der Waals surface area contributed by atoms with Gasteiger partial charge in [0.05, 0.1) is 6.10 Å². The molecule has 0 aromatic heterocycles. The van der Waals surface area contributed by atoms with Gasteiger partial charge < -0.3 is 19.7 Å². The third kappa shape index (κ3) is 4.02. The Labute approximate surface area is 164 Å². The van der Waals surface area contributed by atoms with E-state index >= 15 is 0 Å². The molecule has 1 unspecified atom stereocenters. The van der Waals surface area contributed by atoms with Crippen molar-refractivity contribution in [1.82, 2.24) is 0 Å². The second-order valence-corrected chi connectivity index (χ2v) is 7.19. The summed E-state index contributed by atoms with van der Waals surface area (Å²) in [5.74, 6) is 0.596. The van der Waals surface area contributed by atoms with Crippen LogP contribution in [0, 0.1) is 0 Å². The van der Waals surface area contributed by atoms with Crippen LogP contribution < -0.4 is 15.0 Å². The number of amides is 2. The third-order valence-corrected chi connectivity index (χ3v) is 5.19. The number of rotatable bonds is 5. The number of nitrogens with zero attached hydrogens (tertiary/aromatic N) is 1. The van der Waals surface area contributed by atoms with Crippen LogP contribution in [0.3, 0.4) is 0 Å². The average Bonchev–Trinajstić information content (AvgIpc) is 3.36. The van der Waals surface area contributed by atoms with E-state index in [0.29, 0.717) is 18.7 Å². The predicted molar refractivity (Wildman–Crippen MR) is 107 cm³/mol. The molecule has 2 aromatic carbocycles. The normalized spacial score (nSPS) is 18.0. The summed E-state index contributed by atoms with van der Waals surface area (Å²) in [7, 11) is 0. The lowest BCUT2D eigenvalue weighted by atomic mass is 10.1. The smallest absolute Gasteiger partial charge is 0.255 e. The summed E-state index contributed by atoms with van der Waals surface area (Å²) in [5.41, 5.74) is 3.30. The maximum Gasteiger partial charge on any atom is 0.255 e. The highest BCUT2D eigenvalue weighted by molar-refractivity contribution is 6.04. The second kappa shape index (κ2) is 8.02. The summed E-state index contributed by atoms with van der Waals surface area (Å²) in [5, 5.41) is 2.93. The van der Waals surface area contributed by atoms with Crippen LogP contribution in [0.1, 0.15) is 35.7 Å². The van der Waals surface area contributed by atoms with Crippen LogP contribution in [0.15, 0.2) is 42.5 Å². The van der Waals surface area contributed by atoms with Crippen molar-refractivity contribution >= 4 is 23.2 Å². The topological polar surface area (TPSA) is 67.9 Å². The molecule has 2 heterocycles. The molecule has 0 aliphatic carbocycles. The lowest BCUT2D eigenvalue weighted by molar-refractivity contribution is -0.116. The van der Waals surface area contributed by atoms with Gasteiger partial charge in [0.1, 0.15) is 12.4 Å². The molecule has 2 amide bonds. The molecule has 0 radical (unpaired) electrons. The molecule has 146 valence electrons. The molecule has 4 rings (SSSR count). The van der Waals surface area contributed by atoms with Crippen LogP contribution in [0.25, 0.3) is 0 Å². The summed E-state index contributed by atoms with van der Waals surface area (Å²) < 4.78 is 11.3. The first kappa shape index (κ1) is 18.5. The fraction of sp³-hybridized carbons (Fsp3) is 0.364. The van der Waals surface area contributed by atoms with Gasteiger partial charge in [-0.1, -0.05) is 0 Å². The summed E-state index contributed by atoms with van der Waals surface area (Å²) in [6.45, 7) is 3.61. The maximum atomic E-state index is 12.5. The van der Waals surface area contributed by atoms with Gasteiger partial charge in [0.15, 0.2) is 0 Å². The minimum atomic E-state index is -0.174. The molecule has 1 atom stereocenters. The van der Waals surface area contributed by atoms with Gasteiger partial charge in [-0.25, -0.2) is 0 Å². The Morgan fingerprint density at radius 1 is 1.21 bits per heavy atom. The Kier molecular flexibility index (Phi) is 5.30. The van der Waals surface area contributed by atoms with Crippen LogP contribution >= 0.6 is 0 Å². The molecular formula is C22H24N2O4. The molecule has 2 aliphatic rings. The molecule has 0 bridgehead atoms. The number of ether oxygens (including phenoxy) is 2. The van der Waals surface area contributed by atoms with E-state index in [0.717, 1.165) is 48.6 Å². The van der Waals surface area contributed by atoms with Crippen molar-refractivity contribution in [3.05, 3.63) is 53.6 Å². The molecular weight excluding hydrogens is 356 g/mol. The first-order chi connectivity index (χ1) is 13.6. The van der Waals surface area contributed by atoms with Gasteiger partial charge in [0.2, 0.25) is 5.91 Å². The van der Waals surface area contributed by atoms with Crippen LogP contribution in [0.2, 0.25) is 0 Å². The first-order valence-corrected chi connectivity index (χ1v) is 9.67. The average molecular weight is 380 g/mol. The van der Waals surface area contributed by atoms with Gasteiger partial charge in [0.25, 0.3) is 5.91 Å². The lowest BCUT2D eigenvalue weighted by Gasteiger charge is -2.15. The number of fused-ring (bicyclic) bond motifs is 1. The number of benzene rings is 2. The van der Waals surface area contributed by atoms with Gasteiger partial charge >= 0.3 is 0 Å². The van der Waals surface area contributed by atoms with Crippen molar-refractivity contribution in [2.75, 3.05) is 30.0 Å². The van der Waals surface area contributed by atoms with Crippen molar-refractivity contribution in [2.24, 2.45) is 0 Å². The molecule has 1 fully saturated rings. The summed E-state index contributed by atoms with van der Waals surface area (Å²) >= 11 is 0. The van der Waals surface area contributed by atoms with Crippen LogP contribution in [0.4, 0.5) is 11.4 Å². The Bertz CT molecular complexity index is 873. The predicted octanol–water partition coefficient (Wildman–Crippen LogP) is 3.41. The standard InChI is InChI=1S/C22H24N2O4/c1-15(25)24-11-10-17-13-18(6-9-21(17)24)23-22(26)16-4-7-19(8-5-16)28-14-20-3-2-12-27-20/h4-9,13,20H,2-3,10-12,14H2,1H3,(H,23,26). The van der Waals surface area contributed by atoms with Crippen molar-refractivity contribution in [2.45, 2.75) is 32.3 Å². The summed E-state index contributed by atoms with van der Waals surface area (Å²) in [4.78, 5) is 25.9. The summed E-state index contributed by atoms with van der Waals surface area (Å²) in [6.07, 6.45) is 3.09. The first-order valence-electron chi connectivity index (χ1n) is 9.67. The van der Waals surface area contributed by atoms with Crippen LogP contribution in [0.5, 0.6) is 5.75 Å². The number of carbonyl (C=O) groups is 2. The highest BCUT2D eigenvalue weighted by Gasteiger charge is 2.22. The minimum Gasteiger partial charge on any atom is -0.491 e. The number of nitrogens with one attached hydrogen (secondary N) is 1. The Hall–Kier alpha value is -2.86. The van der Waals surface area contributed by atoms with E-state index in [2.05, 4.69) is 5.32 Å². The molecule has 2 aromatic rings. The zero-order valence-corrected chi connectivity index (χ0v) is 15.9. The summed E-state index contributed by atoms with van der Waals surface area (Å²) in [6, 6.07) is 12.8. The van der Waals surface area contributed by atoms with Crippen molar-refractivity contribution < 1.29 is 19.1 Å². The quantitative estimate of drug-likeness (QED) is 0.863. The second-order valence-electron chi connectivity index (χ2n) is 7.19. The van der Waals surface area contributed by atoms with Crippen molar-refractivity contribution in [3.63, 3.8) is 0 Å². The molecule has 6 nitrogen and oxygen atoms in total. The zero-order chi connectivity index (χ0) is 19.5. The lowest BCUT2D eigenvalue weighted by Crippen LogP contribution is -2.25. The molecule has 0 spiro atoms. The fourth-order valence-corrected chi connectivity index (χ4v) is 3.68. The monoisotopic (exact) mass is 380 g/mol. The molecule has 28 heavy (non-hydrogen) atoms. The fourth-order valence-electron chi connectivity index (χ4n) is 3.68. The van der Waals surface area contributed by atoms with E-state index < -0.39 is 0 Å². The van der Waals surface area contributed by atoms with Gasteiger partial charge in [-0.2, -0.15) is 0 Å². The van der Waals surface area contributed by atoms with E-state index in [4.69, 9.17) is 9.47 Å². The van der Waals surface area contributed by atoms with E-state index in [1.807, 2.05) is 18.2 Å². The van der Waals surface area contributed by atoms with E-state index in [9.17, 15) is 9.59 Å². The Morgan fingerprint density at radius 2 is 2.04 bits per heavy atom. The van der Waals surface area contributed by atoms with E-state index in [-0.39, 0.29) is 17.9 Å². The van der Waals surface area contributed by atoms with Crippen LogP contribution in [-0.2, 0) is 16.0 Å². The molecule has 0 saturated carbocycles. The minimum absolute atomic E-state index is 0.0392. The van der Waals surface area contributed by atoms with Crippen molar-refractivity contribution in [3.8, 4) is 5.75 Å². The van der Waals surface area contributed by atoms with Gasteiger partial charge in [0, 0.05) is 37.0 Å². The SMILES string of the molecule is CC(=O)N1CCc2cc(NC(=O)c3ccc(OCC4CCCO4)cc3)ccc21. The van der Waals surface area contributed by atoms with E-state index in [1.165, 1.54) is 0 Å². The van der Waals surface area contributed by atoms with Gasteiger partial charge in [-0.3, -0.25) is 9.59 Å². The van der Waals surface area contributed by atoms with E-state index in [1.54, 1.807) is 36.1 Å². The number of anilines is 2. The van der Waals surface area contributed by atoms with Gasteiger partial charge in [-0.15, -0.1) is 0 Å². The molecule has 2 aliphatic heterocycles. The largest absolute Gasteiger partial charge is 0.491 e. The molecule has 6 heteroatoms. The van der Waals surface area contributed by atoms with Crippen LogP contribution in [-0.4, -0.2) is 37.7 Å². The highest BCUT2D eigenvalue weighted by Crippen LogP contribution is 2.30. The Balaban J connectivity index is 1.36. The molecule has 1 saturated heterocycles. The maximum absolute atomic E-state index is 12.5. The third-order valence-electron chi connectivity index (χ3n) is 5.19. The Morgan fingerprint density at radius 3 is 2.75 bits per heavy atom. The highest BCUT2D eigenvalue weighted by atomic mass is 16.5. The van der Waals surface area contributed by atoms with Crippen molar-refractivity contribution in [1.29, 1.82) is 0 Å². The molecule has 1 N–H and O–H groups in total. The van der Waals surface area contributed by atoms with Gasteiger partial charge in [-0.05, 0) is 67.3 Å².